The van der Waals surface area contributed by atoms with E-state index in [1.54, 1.807) is 18.2 Å². The van der Waals surface area contributed by atoms with Gasteiger partial charge in [0.2, 0.25) is 5.91 Å². The molecule has 2 aromatic carbocycles. The Labute approximate surface area is 184 Å². The number of carbonyl (C=O) groups excluding carboxylic acids is 2. The molecule has 31 heavy (non-hydrogen) atoms. The summed E-state index contributed by atoms with van der Waals surface area (Å²) in [5.41, 5.74) is 2.00. The molecule has 6 heteroatoms. The van der Waals surface area contributed by atoms with Crippen molar-refractivity contribution in [2.24, 2.45) is 0 Å². The van der Waals surface area contributed by atoms with Crippen molar-refractivity contribution in [3.8, 4) is 11.1 Å². The number of amides is 1. The van der Waals surface area contributed by atoms with Crippen LogP contribution in [0.25, 0.3) is 28.0 Å². The summed E-state index contributed by atoms with van der Waals surface area (Å²) in [5.74, 6) is -0.231. The highest BCUT2D eigenvalue weighted by Gasteiger charge is 2.22. The largest absolute Gasteiger partial charge is 0.465 e. The van der Waals surface area contributed by atoms with Gasteiger partial charge in [0, 0.05) is 17.0 Å². The Bertz CT molecular complexity index is 1240. The van der Waals surface area contributed by atoms with Gasteiger partial charge in [0.25, 0.3) is 0 Å². The Morgan fingerprint density at radius 2 is 1.94 bits per heavy atom. The van der Waals surface area contributed by atoms with Gasteiger partial charge in [-0.05, 0) is 47.0 Å². The van der Waals surface area contributed by atoms with Crippen LogP contribution in [-0.2, 0) is 9.53 Å². The van der Waals surface area contributed by atoms with Gasteiger partial charge in [-0.1, -0.05) is 43.3 Å². The van der Waals surface area contributed by atoms with Crippen LogP contribution < -0.4 is 5.32 Å². The topological polar surface area (TPSA) is 68.5 Å². The Kier molecular flexibility index (Phi) is 6.29. The number of thiophene rings is 1. The van der Waals surface area contributed by atoms with E-state index >= 15 is 0 Å². The molecule has 0 radical (unpaired) electrons. The molecular weight excluding hydrogens is 410 g/mol. The maximum absolute atomic E-state index is 12.9. The lowest BCUT2D eigenvalue weighted by atomic mass is 10.00. The Morgan fingerprint density at radius 1 is 1.10 bits per heavy atom. The molecule has 1 N–H and O–H groups in total. The van der Waals surface area contributed by atoms with Crippen molar-refractivity contribution in [1.82, 2.24) is 0 Å². The number of ether oxygens (including phenoxy) is 1. The van der Waals surface area contributed by atoms with Crippen LogP contribution in [0.4, 0.5) is 5.00 Å². The van der Waals surface area contributed by atoms with E-state index in [1.165, 1.54) is 23.7 Å². The van der Waals surface area contributed by atoms with Crippen molar-refractivity contribution in [3.05, 3.63) is 83.6 Å². The average Bonchev–Trinajstić information content (AvgIpc) is 3.46. The molecule has 0 aliphatic rings. The van der Waals surface area contributed by atoms with E-state index in [4.69, 9.17) is 9.15 Å². The van der Waals surface area contributed by atoms with E-state index < -0.39 is 5.97 Å². The normalized spacial score (nSPS) is 11.1. The molecule has 0 unspecified atom stereocenters. The molecule has 0 atom stereocenters. The average molecular weight is 432 g/mol. The number of nitrogens with one attached hydrogen (secondary N) is 1. The number of carbonyl (C=O) groups is 2. The standard InChI is InChI=1S/C25H21NO4S/c1-2-13-30-25(28)23-21(19-10-9-17-6-3-4-7-18(17)15-19)16-31-24(23)26-22(27)12-11-20-8-5-14-29-20/h3-12,14-16H,2,13H2,1H3,(H,26,27)/b12-11+. The first-order valence-corrected chi connectivity index (χ1v) is 10.8. The number of rotatable bonds is 7. The molecule has 156 valence electrons. The number of hydrogen-bond donors (Lipinski definition) is 1. The summed E-state index contributed by atoms with van der Waals surface area (Å²) in [6, 6.07) is 17.6. The molecule has 4 rings (SSSR count). The van der Waals surface area contributed by atoms with E-state index in [0.717, 1.165) is 28.3 Å². The van der Waals surface area contributed by atoms with Crippen LogP contribution in [-0.4, -0.2) is 18.5 Å². The number of hydrogen-bond acceptors (Lipinski definition) is 5. The van der Waals surface area contributed by atoms with Crippen molar-refractivity contribution in [1.29, 1.82) is 0 Å². The van der Waals surface area contributed by atoms with Crippen LogP contribution in [0, 0.1) is 0 Å². The van der Waals surface area contributed by atoms with E-state index in [1.807, 2.05) is 54.8 Å². The maximum atomic E-state index is 12.9. The number of esters is 1. The quantitative estimate of drug-likeness (QED) is 0.272. The van der Waals surface area contributed by atoms with Crippen LogP contribution in [0.15, 0.2) is 76.7 Å². The summed E-state index contributed by atoms with van der Waals surface area (Å²) >= 11 is 1.30. The lowest BCUT2D eigenvalue weighted by Crippen LogP contribution is -2.13. The van der Waals surface area contributed by atoms with Gasteiger partial charge in [0.15, 0.2) is 0 Å². The highest BCUT2D eigenvalue weighted by molar-refractivity contribution is 7.15. The molecule has 0 spiro atoms. The second-order valence-electron chi connectivity index (χ2n) is 6.89. The molecule has 2 aromatic heterocycles. The molecule has 2 heterocycles. The van der Waals surface area contributed by atoms with Crippen LogP contribution in [0.2, 0.25) is 0 Å². The molecular formula is C25H21NO4S. The Balaban J connectivity index is 1.67. The lowest BCUT2D eigenvalue weighted by Gasteiger charge is -2.09. The van der Waals surface area contributed by atoms with Crippen molar-refractivity contribution < 1.29 is 18.7 Å². The summed E-state index contributed by atoms with van der Waals surface area (Å²) < 4.78 is 10.6. The van der Waals surface area contributed by atoms with Crippen LogP contribution in [0.1, 0.15) is 29.5 Å². The van der Waals surface area contributed by atoms with E-state index in [0.29, 0.717) is 22.9 Å². The number of furan rings is 1. The second-order valence-corrected chi connectivity index (χ2v) is 7.77. The number of fused-ring (bicyclic) bond motifs is 1. The summed E-state index contributed by atoms with van der Waals surface area (Å²) in [6.45, 7) is 2.25. The number of benzene rings is 2. The fourth-order valence-corrected chi connectivity index (χ4v) is 4.15. The predicted octanol–water partition coefficient (Wildman–Crippen LogP) is 6.38. The Hall–Kier alpha value is -3.64. The maximum Gasteiger partial charge on any atom is 0.341 e. The van der Waals surface area contributed by atoms with Gasteiger partial charge < -0.3 is 14.5 Å². The zero-order valence-electron chi connectivity index (χ0n) is 17.0. The summed E-state index contributed by atoms with van der Waals surface area (Å²) in [7, 11) is 0. The molecule has 0 saturated heterocycles. The third-order valence-corrected chi connectivity index (χ3v) is 5.57. The lowest BCUT2D eigenvalue weighted by molar-refractivity contribution is -0.111. The minimum atomic E-state index is -0.448. The van der Waals surface area contributed by atoms with Gasteiger partial charge in [-0.2, -0.15) is 0 Å². The molecule has 4 aromatic rings. The van der Waals surface area contributed by atoms with Crippen LogP contribution >= 0.6 is 11.3 Å². The summed E-state index contributed by atoms with van der Waals surface area (Å²) in [4.78, 5) is 25.3. The summed E-state index contributed by atoms with van der Waals surface area (Å²) in [6.07, 6.45) is 5.20. The smallest absolute Gasteiger partial charge is 0.341 e. The molecule has 1 amide bonds. The molecule has 0 aliphatic carbocycles. The van der Waals surface area contributed by atoms with Crippen molar-refractivity contribution >= 4 is 45.1 Å². The predicted molar refractivity (Wildman–Crippen MR) is 124 cm³/mol. The molecule has 0 saturated carbocycles. The third kappa shape index (κ3) is 4.75. The van der Waals surface area contributed by atoms with E-state index in [9.17, 15) is 9.59 Å². The second kappa shape index (κ2) is 9.45. The molecule has 0 bridgehead atoms. The fourth-order valence-electron chi connectivity index (χ4n) is 3.19. The highest BCUT2D eigenvalue weighted by Crippen LogP contribution is 2.37. The first-order chi connectivity index (χ1) is 15.2. The van der Waals surface area contributed by atoms with Crippen molar-refractivity contribution in [2.45, 2.75) is 13.3 Å². The van der Waals surface area contributed by atoms with Gasteiger partial charge in [0.1, 0.15) is 16.3 Å². The van der Waals surface area contributed by atoms with Gasteiger partial charge in [0.05, 0.1) is 12.9 Å². The van der Waals surface area contributed by atoms with Gasteiger partial charge in [-0.3, -0.25) is 4.79 Å². The first kappa shape index (κ1) is 20.6. The molecule has 5 nitrogen and oxygen atoms in total. The van der Waals surface area contributed by atoms with Crippen LogP contribution in [0.5, 0.6) is 0 Å². The highest BCUT2D eigenvalue weighted by atomic mass is 32.1. The zero-order valence-corrected chi connectivity index (χ0v) is 17.8. The molecule has 0 aliphatic heterocycles. The van der Waals surface area contributed by atoms with Crippen LogP contribution in [0.3, 0.4) is 0 Å². The monoisotopic (exact) mass is 431 g/mol. The number of anilines is 1. The fraction of sp³-hybridized carbons (Fsp3) is 0.120. The zero-order chi connectivity index (χ0) is 21.6. The van der Waals surface area contributed by atoms with Gasteiger partial charge >= 0.3 is 5.97 Å². The minimum absolute atomic E-state index is 0.317. The third-order valence-electron chi connectivity index (χ3n) is 4.67. The van der Waals surface area contributed by atoms with Crippen molar-refractivity contribution in [2.75, 3.05) is 11.9 Å². The van der Waals surface area contributed by atoms with E-state index in [2.05, 4.69) is 5.32 Å². The van der Waals surface area contributed by atoms with Gasteiger partial charge in [-0.25, -0.2) is 4.79 Å². The van der Waals surface area contributed by atoms with Gasteiger partial charge in [-0.15, -0.1) is 11.3 Å². The SMILES string of the molecule is CCCOC(=O)c1c(-c2ccc3ccccc3c2)csc1NC(=O)/C=C/c1ccco1. The van der Waals surface area contributed by atoms with Crippen molar-refractivity contribution in [3.63, 3.8) is 0 Å². The van der Waals surface area contributed by atoms with E-state index in [-0.39, 0.29) is 5.91 Å². The molecule has 0 fully saturated rings. The minimum Gasteiger partial charge on any atom is -0.465 e. The first-order valence-electron chi connectivity index (χ1n) is 9.96. The Morgan fingerprint density at radius 3 is 2.71 bits per heavy atom. The summed E-state index contributed by atoms with van der Waals surface area (Å²) in [5, 5.41) is 7.33.